The largest absolute Gasteiger partial charge is 0.480 e. The lowest BCUT2D eigenvalue weighted by Crippen LogP contribution is -2.32. The number of carbonyl (C=O) groups is 2. The molecule has 1 aromatic rings. The van der Waals surface area contributed by atoms with Crippen molar-refractivity contribution >= 4 is 23.2 Å². The summed E-state index contributed by atoms with van der Waals surface area (Å²) >= 11 is 1.52. The van der Waals surface area contributed by atoms with Crippen LogP contribution in [-0.4, -0.2) is 35.5 Å². The van der Waals surface area contributed by atoms with Gasteiger partial charge in [0.2, 0.25) is 5.91 Å². The van der Waals surface area contributed by atoms with Crippen LogP contribution in [-0.2, 0) is 16.0 Å². The number of aliphatic carboxylic acids is 1. The molecule has 5 heteroatoms. The summed E-state index contributed by atoms with van der Waals surface area (Å²) in [4.78, 5) is 22.9. The van der Waals surface area contributed by atoms with Crippen molar-refractivity contribution in [2.45, 2.75) is 6.42 Å². The van der Waals surface area contributed by atoms with Crippen molar-refractivity contribution in [3.8, 4) is 0 Å². The smallest absolute Gasteiger partial charge is 0.323 e. The van der Waals surface area contributed by atoms with Gasteiger partial charge in [-0.05, 0) is 22.4 Å². The zero-order valence-electron chi connectivity index (χ0n) is 7.77. The third-order valence-corrected chi connectivity index (χ3v) is 2.47. The van der Waals surface area contributed by atoms with Gasteiger partial charge in [-0.25, -0.2) is 0 Å². The number of thiophene rings is 1. The van der Waals surface area contributed by atoms with Gasteiger partial charge in [0, 0.05) is 7.05 Å². The van der Waals surface area contributed by atoms with Crippen LogP contribution in [0.1, 0.15) is 5.56 Å². The van der Waals surface area contributed by atoms with Gasteiger partial charge in [0.25, 0.3) is 0 Å². The summed E-state index contributed by atoms with van der Waals surface area (Å²) in [6.45, 7) is -0.247. The van der Waals surface area contributed by atoms with E-state index >= 15 is 0 Å². The first-order valence-electron chi connectivity index (χ1n) is 4.06. The standard InChI is InChI=1S/C9H11NO3S/c1-10(5-9(12)13)8(11)4-7-2-3-14-6-7/h2-3,6H,4-5H2,1H3,(H,12,13). The molecule has 0 unspecified atom stereocenters. The van der Waals surface area contributed by atoms with Gasteiger partial charge in [-0.1, -0.05) is 0 Å². The van der Waals surface area contributed by atoms with Crippen molar-refractivity contribution in [3.05, 3.63) is 22.4 Å². The van der Waals surface area contributed by atoms with Crippen LogP contribution in [0, 0.1) is 0 Å². The van der Waals surface area contributed by atoms with Gasteiger partial charge in [0.05, 0.1) is 6.42 Å². The molecule has 0 spiro atoms. The Morgan fingerprint density at radius 1 is 1.57 bits per heavy atom. The van der Waals surface area contributed by atoms with E-state index in [0.29, 0.717) is 0 Å². The second kappa shape index (κ2) is 4.76. The second-order valence-electron chi connectivity index (χ2n) is 2.95. The summed E-state index contributed by atoms with van der Waals surface area (Å²) in [5, 5.41) is 12.2. The summed E-state index contributed by atoms with van der Waals surface area (Å²) in [6, 6.07) is 1.86. The minimum absolute atomic E-state index is 0.175. The third kappa shape index (κ3) is 3.18. The van der Waals surface area contributed by atoms with Crippen LogP contribution in [0.4, 0.5) is 0 Å². The van der Waals surface area contributed by atoms with Crippen molar-refractivity contribution < 1.29 is 14.7 Å². The Balaban J connectivity index is 2.46. The number of nitrogens with zero attached hydrogens (tertiary/aromatic N) is 1. The average Bonchev–Trinajstić information content (AvgIpc) is 2.55. The van der Waals surface area contributed by atoms with E-state index in [1.807, 2.05) is 16.8 Å². The molecule has 0 atom stereocenters. The molecule has 14 heavy (non-hydrogen) atoms. The summed E-state index contributed by atoms with van der Waals surface area (Å²) in [6.07, 6.45) is 0.271. The minimum atomic E-state index is -0.994. The average molecular weight is 213 g/mol. The van der Waals surface area contributed by atoms with Crippen molar-refractivity contribution in [2.75, 3.05) is 13.6 Å². The molecule has 0 aliphatic rings. The fraction of sp³-hybridized carbons (Fsp3) is 0.333. The van der Waals surface area contributed by atoms with Crippen LogP contribution < -0.4 is 0 Å². The Bertz CT molecular complexity index is 321. The van der Waals surface area contributed by atoms with Crippen LogP contribution in [0.3, 0.4) is 0 Å². The summed E-state index contributed by atoms with van der Waals surface area (Å²) in [7, 11) is 1.49. The molecular formula is C9H11NO3S. The predicted octanol–water partition coefficient (Wildman–Crippen LogP) is 0.834. The summed E-state index contributed by atoms with van der Waals surface area (Å²) in [5.74, 6) is -1.17. The number of carboxylic acid groups (broad SMARTS) is 1. The van der Waals surface area contributed by atoms with Gasteiger partial charge < -0.3 is 10.0 Å². The van der Waals surface area contributed by atoms with Crippen LogP contribution in [0.5, 0.6) is 0 Å². The quantitative estimate of drug-likeness (QED) is 0.806. The maximum absolute atomic E-state index is 11.4. The lowest BCUT2D eigenvalue weighted by Gasteiger charge is -2.13. The number of amides is 1. The van der Waals surface area contributed by atoms with Crippen molar-refractivity contribution in [2.24, 2.45) is 0 Å². The molecule has 1 heterocycles. The van der Waals surface area contributed by atoms with E-state index in [1.165, 1.54) is 23.3 Å². The first-order valence-corrected chi connectivity index (χ1v) is 5.00. The normalized spacial score (nSPS) is 9.79. The Morgan fingerprint density at radius 2 is 2.29 bits per heavy atom. The maximum Gasteiger partial charge on any atom is 0.323 e. The highest BCUT2D eigenvalue weighted by Crippen LogP contribution is 2.07. The van der Waals surface area contributed by atoms with Crippen LogP contribution in [0.2, 0.25) is 0 Å². The molecule has 1 rings (SSSR count). The van der Waals surface area contributed by atoms with Crippen LogP contribution in [0.25, 0.3) is 0 Å². The molecule has 0 aliphatic carbocycles. The van der Waals surface area contributed by atoms with Gasteiger partial charge in [-0.3, -0.25) is 9.59 Å². The van der Waals surface area contributed by atoms with E-state index < -0.39 is 5.97 Å². The molecule has 0 radical (unpaired) electrons. The third-order valence-electron chi connectivity index (χ3n) is 1.73. The fourth-order valence-electron chi connectivity index (χ4n) is 0.994. The Hall–Kier alpha value is -1.36. The molecule has 0 saturated carbocycles. The lowest BCUT2D eigenvalue weighted by atomic mass is 10.2. The van der Waals surface area contributed by atoms with Crippen molar-refractivity contribution in [1.82, 2.24) is 4.90 Å². The molecule has 0 saturated heterocycles. The lowest BCUT2D eigenvalue weighted by molar-refractivity contribution is -0.143. The van der Waals surface area contributed by atoms with Crippen LogP contribution >= 0.6 is 11.3 Å². The van der Waals surface area contributed by atoms with Gasteiger partial charge in [0.15, 0.2) is 0 Å². The second-order valence-corrected chi connectivity index (χ2v) is 3.73. The molecule has 1 N–H and O–H groups in total. The molecule has 76 valence electrons. The number of likely N-dealkylation sites (N-methyl/N-ethyl adjacent to an activating group) is 1. The van der Waals surface area contributed by atoms with E-state index in [2.05, 4.69) is 0 Å². The summed E-state index contributed by atoms with van der Waals surface area (Å²) < 4.78 is 0. The molecule has 4 nitrogen and oxygen atoms in total. The van der Waals surface area contributed by atoms with Crippen LogP contribution in [0.15, 0.2) is 16.8 Å². The number of carboxylic acids is 1. The first kappa shape index (κ1) is 10.7. The molecule has 1 aromatic heterocycles. The van der Waals surface area contributed by atoms with E-state index in [9.17, 15) is 9.59 Å². The SMILES string of the molecule is CN(CC(=O)O)C(=O)Cc1ccsc1. The molecule has 1 amide bonds. The number of carbonyl (C=O) groups excluding carboxylic acids is 1. The predicted molar refractivity (Wildman–Crippen MR) is 53.3 cm³/mol. The van der Waals surface area contributed by atoms with E-state index in [1.54, 1.807) is 0 Å². The monoisotopic (exact) mass is 213 g/mol. The van der Waals surface area contributed by atoms with Gasteiger partial charge >= 0.3 is 5.97 Å². The maximum atomic E-state index is 11.4. The summed E-state index contributed by atoms with van der Waals surface area (Å²) in [5.41, 5.74) is 0.928. The number of hydrogen-bond acceptors (Lipinski definition) is 3. The first-order chi connectivity index (χ1) is 6.59. The molecule has 0 bridgehead atoms. The molecule has 0 aromatic carbocycles. The number of hydrogen-bond donors (Lipinski definition) is 1. The van der Waals surface area contributed by atoms with Gasteiger partial charge in [-0.15, -0.1) is 0 Å². The topological polar surface area (TPSA) is 57.6 Å². The van der Waals surface area contributed by atoms with E-state index in [-0.39, 0.29) is 18.9 Å². The highest BCUT2D eigenvalue weighted by Gasteiger charge is 2.12. The molecule has 0 fully saturated rings. The Labute approximate surface area is 85.8 Å². The molecule has 0 aliphatic heterocycles. The van der Waals surface area contributed by atoms with Crippen molar-refractivity contribution in [3.63, 3.8) is 0 Å². The number of rotatable bonds is 4. The Kier molecular flexibility index (Phi) is 3.64. The van der Waals surface area contributed by atoms with E-state index in [0.717, 1.165) is 5.56 Å². The fourth-order valence-corrected chi connectivity index (χ4v) is 1.66. The highest BCUT2D eigenvalue weighted by molar-refractivity contribution is 7.07. The molecular weight excluding hydrogens is 202 g/mol. The zero-order chi connectivity index (χ0) is 10.6. The zero-order valence-corrected chi connectivity index (χ0v) is 8.58. The van der Waals surface area contributed by atoms with Gasteiger partial charge in [-0.2, -0.15) is 11.3 Å². The van der Waals surface area contributed by atoms with E-state index in [4.69, 9.17) is 5.11 Å². The highest BCUT2D eigenvalue weighted by atomic mass is 32.1. The van der Waals surface area contributed by atoms with Crippen molar-refractivity contribution in [1.29, 1.82) is 0 Å². The Morgan fingerprint density at radius 3 is 2.79 bits per heavy atom. The minimum Gasteiger partial charge on any atom is -0.480 e. The van der Waals surface area contributed by atoms with Gasteiger partial charge in [0.1, 0.15) is 6.54 Å².